The molecule has 0 amide bonds. The molecule has 9 nitrogen and oxygen atoms in total. The molecule has 0 saturated carbocycles. The number of anilines is 2. The predicted octanol–water partition coefficient (Wildman–Crippen LogP) is 3.94. The maximum absolute atomic E-state index is 15.3. The Bertz CT molecular complexity index is 1260. The van der Waals surface area contributed by atoms with Gasteiger partial charge in [-0.3, -0.25) is 0 Å². The topological polar surface area (TPSA) is 92.4 Å². The molecule has 4 heterocycles. The second-order valence-electron chi connectivity index (χ2n) is 9.51. The lowest BCUT2D eigenvalue weighted by Crippen LogP contribution is -2.45. The number of aromatic nitrogens is 4. The Balaban J connectivity index is 1.17. The van der Waals surface area contributed by atoms with E-state index >= 15 is 4.39 Å². The summed E-state index contributed by atoms with van der Waals surface area (Å²) in [5.41, 5.74) is -1.52. The van der Waals surface area contributed by atoms with Crippen LogP contribution in [0.5, 0.6) is 5.75 Å². The molecular weight excluding hydrogens is 530 g/mol. The fraction of sp³-hybridized carbons (Fsp3) is 0.500. The molecule has 2 saturated heterocycles. The lowest BCUT2D eigenvalue weighted by atomic mass is 9.94. The number of alkyl halides is 1. The Hall–Kier alpha value is -3.19. The van der Waals surface area contributed by atoms with Crippen LogP contribution in [0.1, 0.15) is 37.1 Å². The van der Waals surface area contributed by atoms with Crippen molar-refractivity contribution in [3.05, 3.63) is 53.4 Å². The molecule has 0 radical (unpaired) electrons. The first kappa shape index (κ1) is 26.4. The van der Waals surface area contributed by atoms with Gasteiger partial charge in [0, 0.05) is 63.5 Å². The predicted molar refractivity (Wildman–Crippen MR) is 131 cm³/mol. The van der Waals surface area contributed by atoms with E-state index in [1.807, 2.05) is 11.8 Å². The molecule has 38 heavy (non-hydrogen) atoms. The number of aryl methyl sites for hydroxylation is 1. The van der Waals surface area contributed by atoms with Crippen molar-refractivity contribution in [2.45, 2.75) is 43.8 Å². The third-order valence-corrected chi connectivity index (χ3v) is 7.28. The van der Waals surface area contributed by atoms with Gasteiger partial charge in [-0.15, -0.1) is 0 Å². The Morgan fingerprint density at radius 2 is 1.79 bits per heavy atom. The van der Waals surface area contributed by atoms with Gasteiger partial charge in [-0.2, -0.15) is 4.98 Å². The molecule has 2 aliphatic rings. The maximum atomic E-state index is 15.3. The molecule has 5 rings (SSSR count). The van der Waals surface area contributed by atoms with Crippen LogP contribution in [0.2, 0.25) is 0 Å². The van der Waals surface area contributed by atoms with Gasteiger partial charge in [-0.25, -0.2) is 32.4 Å². The van der Waals surface area contributed by atoms with Crippen LogP contribution in [0.3, 0.4) is 0 Å². The minimum Gasteiger partial charge on any atom is -0.487 e. The fourth-order valence-corrected chi connectivity index (χ4v) is 4.96. The van der Waals surface area contributed by atoms with Crippen LogP contribution in [0, 0.1) is 17.5 Å². The number of rotatable bonds is 8. The molecule has 0 spiro atoms. The molecule has 2 atom stereocenters. The molecule has 14 heteroatoms. The molecule has 0 unspecified atom stereocenters. The fourth-order valence-electron chi connectivity index (χ4n) is 4.73. The molecule has 1 N–H and O–H groups in total. The summed E-state index contributed by atoms with van der Waals surface area (Å²) in [6, 6.07) is 1.31. The monoisotopic (exact) mass is 555 g/mol. The number of piperidine rings is 1. The van der Waals surface area contributed by atoms with Gasteiger partial charge in [0.05, 0.1) is 12.4 Å². The Kier molecular flexibility index (Phi) is 7.57. The zero-order valence-electron chi connectivity index (χ0n) is 20.5. The van der Waals surface area contributed by atoms with Crippen molar-refractivity contribution in [3.8, 4) is 5.75 Å². The van der Waals surface area contributed by atoms with Crippen molar-refractivity contribution in [3.63, 3.8) is 0 Å². The molecule has 3 aromatic rings. The van der Waals surface area contributed by atoms with Gasteiger partial charge in [-0.1, -0.05) is 12.1 Å². The van der Waals surface area contributed by atoms with Gasteiger partial charge in [0.25, 0.3) is 0 Å². The van der Waals surface area contributed by atoms with E-state index in [2.05, 4.69) is 24.9 Å². The van der Waals surface area contributed by atoms with Crippen molar-refractivity contribution >= 4 is 23.7 Å². The lowest BCUT2D eigenvalue weighted by Gasteiger charge is -2.35. The van der Waals surface area contributed by atoms with E-state index < -0.39 is 35.1 Å². The molecule has 2 fully saturated rings. The average molecular weight is 556 g/mol. The molecule has 2 aromatic heterocycles. The van der Waals surface area contributed by atoms with Crippen molar-refractivity contribution in [1.29, 1.82) is 0 Å². The molecule has 0 bridgehead atoms. The standard InChI is InChI=1S/C24H26ClF4N7O2/c1-2-21-32-23(38-34-21)35-5-3-24(29,4-6-35)13-37-14-9-30-22(31-10-14)36-11-16(20(12-36)33-25)15-7-18(27)19(28)8-17(15)26/h7-10,16,20,33H,2-6,11-13H2,1H3/t16-,20+/m1/s1. The van der Waals surface area contributed by atoms with E-state index in [0.29, 0.717) is 55.7 Å². The van der Waals surface area contributed by atoms with Crippen LogP contribution in [0.4, 0.5) is 29.5 Å². The van der Waals surface area contributed by atoms with Crippen LogP contribution in [0.25, 0.3) is 0 Å². The smallest absolute Gasteiger partial charge is 0.324 e. The van der Waals surface area contributed by atoms with Crippen LogP contribution < -0.4 is 19.4 Å². The van der Waals surface area contributed by atoms with E-state index in [-0.39, 0.29) is 31.6 Å². The van der Waals surface area contributed by atoms with Crippen molar-refractivity contribution in [1.82, 2.24) is 24.9 Å². The average Bonchev–Trinajstić information content (AvgIpc) is 3.58. The molecule has 2 aliphatic heterocycles. The van der Waals surface area contributed by atoms with E-state index in [1.165, 1.54) is 12.4 Å². The highest BCUT2D eigenvalue weighted by molar-refractivity contribution is 6.13. The summed E-state index contributed by atoms with van der Waals surface area (Å²) in [4.78, 5) is 19.0. The maximum Gasteiger partial charge on any atom is 0.324 e. The number of ether oxygens (including phenoxy) is 1. The minimum atomic E-state index is -1.53. The van der Waals surface area contributed by atoms with Crippen LogP contribution in [-0.4, -0.2) is 64.6 Å². The number of benzene rings is 1. The first-order chi connectivity index (χ1) is 18.3. The van der Waals surface area contributed by atoms with Crippen molar-refractivity contribution in [2.75, 3.05) is 42.6 Å². The summed E-state index contributed by atoms with van der Waals surface area (Å²) < 4.78 is 67.8. The largest absolute Gasteiger partial charge is 0.487 e. The van der Waals surface area contributed by atoms with Gasteiger partial charge in [-0.05, 0) is 23.4 Å². The highest BCUT2D eigenvalue weighted by Crippen LogP contribution is 2.33. The van der Waals surface area contributed by atoms with Gasteiger partial charge in [0.1, 0.15) is 18.1 Å². The Morgan fingerprint density at radius 1 is 1.08 bits per heavy atom. The minimum absolute atomic E-state index is 0.00805. The highest BCUT2D eigenvalue weighted by Gasteiger charge is 2.38. The van der Waals surface area contributed by atoms with Gasteiger partial charge in [0.2, 0.25) is 5.95 Å². The zero-order chi connectivity index (χ0) is 26.9. The number of nitrogens with zero attached hydrogens (tertiary/aromatic N) is 6. The van der Waals surface area contributed by atoms with Crippen LogP contribution in [-0.2, 0) is 6.42 Å². The SMILES string of the molecule is CCc1noc(N2CCC(F)(COc3cnc(N4C[C@H](NCl)[C@@H](c5cc(F)c(F)cc5F)C4)nc3)CC2)n1. The van der Waals surface area contributed by atoms with E-state index in [9.17, 15) is 13.2 Å². The zero-order valence-corrected chi connectivity index (χ0v) is 21.3. The third kappa shape index (κ3) is 5.48. The number of hydrogen-bond acceptors (Lipinski definition) is 9. The summed E-state index contributed by atoms with van der Waals surface area (Å²) in [6.07, 6.45) is 3.99. The van der Waals surface area contributed by atoms with Gasteiger partial charge >= 0.3 is 6.01 Å². The van der Waals surface area contributed by atoms with Crippen LogP contribution >= 0.6 is 11.8 Å². The van der Waals surface area contributed by atoms with E-state index in [1.54, 1.807) is 4.90 Å². The first-order valence-electron chi connectivity index (χ1n) is 12.3. The molecular formula is C24H26ClF4N7O2. The van der Waals surface area contributed by atoms with Crippen molar-refractivity contribution in [2.24, 2.45) is 0 Å². The quantitative estimate of drug-likeness (QED) is 0.252. The number of hydrogen-bond donors (Lipinski definition) is 1. The lowest BCUT2D eigenvalue weighted by molar-refractivity contribution is 0.0585. The summed E-state index contributed by atoms with van der Waals surface area (Å²) in [5.74, 6) is -2.59. The number of halogens is 5. The summed E-state index contributed by atoms with van der Waals surface area (Å²) in [7, 11) is 0. The third-order valence-electron chi connectivity index (χ3n) is 7.00. The molecule has 1 aromatic carbocycles. The van der Waals surface area contributed by atoms with Gasteiger partial charge in [0.15, 0.2) is 23.2 Å². The second kappa shape index (κ2) is 10.9. The van der Waals surface area contributed by atoms with Crippen molar-refractivity contribution < 1.29 is 26.8 Å². The summed E-state index contributed by atoms with van der Waals surface area (Å²) >= 11 is 5.86. The molecule has 204 valence electrons. The van der Waals surface area contributed by atoms with Crippen LogP contribution in [0.15, 0.2) is 29.0 Å². The molecule has 0 aliphatic carbocycles. The number of nitrogens with one attached hydrogen (secondary N) is 1. The summed E-state index contributed by atoms with van der Waals surface area (Å²) in [5, 5.41) is 3.88. The first-order valence-corrected chi connectivity index (χ1v) is 12.6. The van der Waals surface area contributed by atoms with Gasteiger partial charge < -0.3 is 19.1 Å². The highest BCUT2D eigenvalue weighted by atomic mass is 35.5. The summed E-state index contributed by atoms with van der Waals surface area (Å²) in [6.45, 7) is 3.13. The Morgan fingerprint density at radius 3 is 2.45 bits per heavy atom. The second-order valence-corrected chi connectivity index (χ2v) is 9.73. The van der Waals surface area contributed by atoms with E-state index in [4.69, 9.17) is 21.0 Å². The van der Waals surface area contributed by atoms with E-state index in [0.717, 1.165) is 6.07 Å². The Labute approximate surface area is 221 Å². The normalized spacial score (nSPS) is 21.2.